The topological polar surface area (TPSA) is 99.1 Å². The van der Waals surface area contributed by atoms with Crippen LogP contribution in [0.25, 0.3) is 11.0 Å². The highest BCUT2D eigenvalue weighted by Crippen LogP contribution is 2.34. The monoisotopic (exact) mass is 453 g/mol. The SMILES string of the molecule is COc1cnc2nc(C(F)F)nc(SCC(=O)c3cnc(C4(OC)CNC4)s3)c2c1. The van der Waals surface area contributed by atoms with Crippen LogP contribution in [0, 0.1) is 0 Å². The number of nitrogens with one attached hydrogen (secondary N) is 1. The second-order valence-corrected chi connectivity index (χ2v) is 8.47. The van der Waals surface area contributed by atoms with Crippen LogP contribution in [0.5, 0.6) is 5.75 Å². The number of aromatic nitrogens is 4. The maximum Gasteiger partial charge on any atom is 0.297 e. The lowest BCUT2D eigenvalue weighted by Gasteiger charge is -2.39. The van der Waals surface area contributed by atoms with E-state index in [4.69, 9.17) is 9.47 Å². The molecule has 0 aliphatic carbocycles. The molecule has 0 bridgehead atoms. The van der Waals surface area contributed by atoms with Gasteiger partial charge in [-0.05, 0) is 6.07 Å². The Morgan fingerprint density at radius 1 is 1.30 bits per heavy atom. The summed E-state index contributed by atoms with van der Waals surface area (Å²) >= 11 is 2.33. The van der Waals surface area contributed by atoms with Gasteiger partial charge in [-0.3, -0.25) is 4.79 Å². The van der Waals surface area contributed by atoms with Crippen molar-refractivity contribution < 1.29 is 23.0 Å². The number of halogens is 2. The number of Topliss-reactive ketones (excluding diaryl/α,β-unsaturated/α-hetero) is 1. The second-order valence-electron chi connectivity index (χ2n) is 6.48. The lowest BCUT2D eigenvalue weighted by atomic mass is 9.98. The van der Waals surface area contributed by atoms with Gasteiger partial charge >= 0.3 is 0 Å². The molecule has 4 rings (SSSR count). The number of rotatable bonds is 8. The lowest BCUT2D eigenvalue weighted by molar-refractivity contribution is -0.0566. The van der Waals surface area contributed by atoms with Gasteiger partial charge < -0.3 is 14.8 Å². The van der Waals surface area contributed by atoms with Gasteiger partial charge in [0.2, 0.25) is 0 Å². The Bertz CT molecular complexity index is 1090. The van der Waals surface area contributed by atoms with Crippen LogP contribution in [0.2, 0.25) is 0 Å². The van der Waals surface area contributed by atoms with Gasteiger partial charge in [-0.1, -0.05) is 11.8 Å². The molecule has 0 amide bonds. The average Bonchev–Trinajstić information content (AvgIpc) is 3.21. The van der Waals surface area contributed by atoms with E-state index in [1.54, 1.807) is 13.2 Å². The van der Waals surface area contributed by atoms with E-state index in [-0.39, 0.29) is 22.2 Å². The number of hydrogen-bond acceptors (Lipinski definition) is 10. The number of carbonyl (C=O) groups is 1. The summed E-state index contributed by atoms with van der Waals surface area (Å²) < 4.78 is 37.1. The third kappa shape index (κ3) is 3.87. The van der Waals surface area contributed by atoms with Gasteiger partial charge in [0.1, 0.15) is 21.4 Å². The normalized spacial score (nSPS) is 15.4. The van der Waals surface area contributed by atoms with Crippen molar-refractivity contribution in [3.8, 4) is 5.75 Å². The largest absolute Gasteiger partial charge is 0.495 e. The highest BCUT2D eigenvalue weighted by molar-refractivity contribution is 8.00. The molecule has 8 nitrogen and oxygen atoms in total. The fraction of sp³-hybridized carbons (Fsp3) is 0.389. The van der Waals surface area contributed by atoms with E-state index in [1.807, 2.05) is 0 Å². The van der Waals surface area contributed by atoms with E-state index in [1.165, 1.54) is 30.8 Å². The van der Waals surface area contributed by atoms with E-state index in [2.05, 4.69) is 25.3 Å². The van der Waals surface area contributed by atoms with Gasteiger partial charge in [-0.2, -0.15) is 0 Å². The molecule has 0 saturated carbocycles. The molecule has 30 heavy (non-hydrogen) atoms. The number of carbonyl (C=O) groups excluding carboxylic acids is 1. The highest BCUT2D eigenvalue weighted by Gasteiger charge is 2.42. The van der Waals surface area contributed by atoms with E-state index >= 15 is 0 Å². The molecular weight excluding hydrogens is 436 g/mol. The number of ether oxygens (including phenoxy) is 2. The summed E-state index contributed by atoms with van der Waals surface area (Å²) in [5.41, 5.74) is -0.372. The van der Waals surface area contributed by atoms with E-state index in [0.29, 0.717) is 29.1 Å². The predicted octanol–water partition coefficient (Wildman–Crippen LogP) is 2.85. The standard InChI is InChI=1S/C18H17F2N5O3S2/c1-27-9-3-10-14(22-4-9)24-15(13(19)20)25-16(10)29-6-11(26)12-5-23-17(30-12)18(28-2)7-21-8-18/h3-5,13,21H,6-8H2,1-2H3. The third-order valence-corrected chi connectivity index (χ3v) is 6.88. The zero-order valence-corrected chi connectivity index (χ0v) is 17.6. The summed E-state index contributed by atoms with van der Waals surface area (Å²) in [7, 11) is 3.09. The quantitative estimate of drug-likeness (QED) is 0.314. The first-order valence-electron chi connectivity index (χ1n) is 8.84. The molecule has 1 saturated heterocycles. The van der Waals surface area contributed by atoms with Gasteiger partial charge in [0.15, 0.2) is 17.3 Å². The molecule has 1 N–H and O–H groups in total. The van der Waals surface area contributed by atoms with Gasteiger partial charge in [-0.15, -0.1) is 11.3 Å². The van der Waals surface area contributed by atoms with Crippen LogP contribution in [-0.2, 0) is 10.3 Å². The Kier molecular flexibility index (Phi) is 5.91. The molecule has 158 valence electrons. The molecule has 0 spiro atoms. The van der Waals surface area contributed by atoms with Crippen molar-refractivity contribution in [1.29, 1.82) is 0 Å². The molecule has 1 aliphatic heterocycles. The Morgan fingerprint density at radius 3 is 2.73 bits per heavy atom. The van der Waals surface area contributed by atoms with Crippen molar-refractivity contribution in [2.75, 3.05) is 33.1 Å². The molecule has 4 heterocycles. The van der Waals surface area contributed by atoms with Gasteiger partial charge in [-0.25, -0.2) is 28.7 Å². The van der Waals surface area contributed by atoms with Crippen molar-refractivity contribution in [3.05, 3.63) is 34.2 Å². The minimum absolute atomic E-state index is 0.00582. The maximum absolute atomic E-state index is 13.2. The number of hydrogen-bond donors (Lipinski definition) is 1. The van der Waals surface area contributed by atoms with Crippen molar-refractivity contribution in [3.63, 3.8) is 0 Å². The minimum atomic E-state index is -2.85. The van der Waals surface area contributed by atoms with Crippen LogP contribution in [0.4, 0.5) is 8.78 Å². The maximum atomic E-state index is 13.2. The van der Waals surface area contributed by atoms with Crippen LogP contribution >= 0.6 is 23.1 Å². The number of nitrogens with zero attached hydrogens (tertiary/aromatic N) is 4. The van der Waals surface area contributed by atoms with Crippen LogP contribution in [0.3, 0.4) is 0 Å². The first kappa shape index (κ1) is 21.0. The molecule has 0 atom stereocenters. The summed E-state index contributed by atoms with van der Waals surface area (Å²) in [6, 6.07) is 1.61. The molecule has 12 heteroatoms. The number of alkyl halides is 2. The molecule has 0 unspecified atom stereocenters. The van der Waals surface area contributed by atoms with Gasteiger partial charge in [0.25, 0.3) is 6.43 Å². The average molecular weight is 453 g/mol. The Labute approximate surface area is 178 Å². The molecule has 3 aromatic rings. The number of ketones is 1. The molecule has 1 fully saturated rings. The zero-order valence-electron chi connectivity index (χ0n) is 16.0. The number of pyridine rings is 1. The van der Waals surface area contributed by atoms with Crippen molar-refractivity contribution >= 4 is 39.9 Å². The van der Waals surface area contributed by atoms with Gasteiger partial charge in [0, 0.05) is 26.4 Å². The summed E-state index contributed by atoms with van der Waals surface area (Å²) in [6.45, 7) is 1.27. The number of thioether (sulfide) groups is 1. The summed E-state index contributed by atoms with van der Waals surface area (Å²) in [5.74, 6) is -0.361. The third-order valence-electron chi connectivity index (χ3n) is 4.66. The molecule has 3 aromatic heterocycles. The first-order valence-corrected chi connectivity index (χ1v) is 10.6. The summed E-state index contributed by atoms with van der Waals surface area (Å²) in [5, 5.41) is 4.56. The van der Waals surface area contributed by atoms with Crippen molar-refractivity contribution in [2.45, 2.75) is 17.1 Å². The van der Waals surface area contributed by atoms with E-state index < -0.39 is 17.9 Å². The van der Waals surface area contributed by atoms with Crippen molar-refractivity contribution in [2.24, 2.45) is 0 Å². The minimum Gasteiger partial charge on any atom is -0.495 e. The predicted molar refractivity (Wildman–Crippen MR) is 108 cm³/mol. The molecule has 0 aromatic carbocycles. The first-order chi connectivity index (χ1) is 14.5. The number of thiazole rings is 1. The van der Waals surface area contributed by atoms with Crippen LogP contribution in [0.1, 0.15) is 26.9 Å². The number of fused-ring (bicyclic) bond motifs is 1. The highest BCUT2D eigenvalue weighted by atomic mass is 32.2. The molecule has 0 radical (unpaired) electrons. The van der Waals surface area contributed by atoms with Crippen molar-refractivity contribution in [1.82, 2.24) is 25.3 Å². The lowest BCUT2D eigenvalue weighted by Crippen LogP contribution is -2.57. The number of methoxy groups -OCH3 is 2. The van der Waals surface area contributed by atoms with Gasteiger partial charge in [0.05, 0.1) is 29.3 Å². The summed E-state index contributed by atoms with van der Waals surface area (Å²) in [6.07, 6.45) is 0.0675. The molecular formula is C18H17F2N5O3S2. The summed E-state index contributed by atoms with van der Waals surface area (Å²) in [4.78, 5) is 29.3. The molecule has 1 aliphatic rings. The van der Waals surface area contributed by atoms with E-state index in [0.717, 1.165) is 16.8 Å². The van der Waals surface area contributed by atoms with Crippen LogP contribution in [-0.4, -0.2) is 58.8 Å². The zero-order chi connectivity index (χ0) is 21.3. The van der Waals surface area contributed by atoms with E-state index in [9.17, 15) is 13.6 Å². The van der Waals surface area contributed by atoms with Crippen LogP contribution in [0.15, 0.2) is 23.5 Å². The Hall–Kier alpha value is -2.28. The smallest absolute Gasteiger partial charge is 0.297 e. The second kappa shape index (κ2) is 8.46. The Balaban J connectivity index is 1.57. The fourth-order valence-electron chi connectivity index (χ4n) is 2.86. The Morgan fingerprint density at radius 2 is 2.10 bits per heavy atom. The van der Waals surface area contributed by atoms with Crippen LogP contribution < -0.4 is 10.1 Å². The fourth-order valence-corrected chi connectivity index (χ4v) is 4.85.